The minimum atomic E-state index is -0.353. The summed E-state index contributed by atoms with van der Waals surface area (Å²) in [7, 11) is 0. The van der Waals surface area contributed by atoms with Crippen LogP contribution >= 0.6 is 0 Å². The molecule has 1 unspecified atom stereocenters. The third-order valence-corrected chi connectivity index (χ3v) is 5.68. The van der Waals surface area contributed by atoms with E-state index in [0.29, 0.717) is 19.4 Å². The van der Waals surface area contributed by atoms with Crippen molar-refractivity contribution in [1.82, 2.24) is 9.88 Å². The molecule has 2 aromatic carbocycles. The third kappa shape index (κ3) is 3.78. The molecule has 5 nitrogen and oxygen atoms in total. The van der Waals surface area contributed by atoms with Crippen LogP contribution in [0.2, 0.25) is 0 Å². The molecule has 1 fully saturated rings. The van der Waals surface area contributed by atoms with Gasteiger partial charge in [-0.05, 0) is 37.9 Å². The highest BCUT2D eigenvalue weighted by Gasteiger charge is 2.29. The Hall–Kier alpha value is -2.34. The van der Waals surface area contributed by atoms with E-state index in [1.165, 1.54) is 0 Å². The maximum atomic E-state index is 13.1. The minimum absolute atomic E-state index is 0.0405. The van der Waals surface area contributed by atoms with Crippen LogP contribution in [-0.2, 0) is 0 Å². The fraction of sp³-hybridized carbons (Fsp3) is 0.391. The van der Waals surface area contributed by atoms with Gasteiger partial charge in [0.1, 0.15) is 0 Å². The Morgan fingerprint density at radius 1 is 1.04 bits per heavy atom. The van der Waals surface area contributed by atoms with Crippen molar-refractivity contribution in [2.75, 3.05) is 19.7 Å². The predicted molar refractivity (Wildman–Crippen MR) is 111 cm³/mol. The van der Waals surface area contributed by atoms with E-state index < -0.39 is 0 Å². The van der Waals surface area contributed by atoms with Crippen LogP contribution in [0.25, 0.3) is 21.8 Å². The van der Waals surface area contributed by atoms with Gasteiger partial charge in [0, 0.05) is 35.3 Å². The van der Waals surface area contributed by atoms with Crippen LogP contribution in [0.5, 0.6) is 0 Å². The number of rotatable bonds is 7. The van der Waals surface area contributed by atoms with E-state index in [2.05, 4.69) is 9.88 Å². The molecule has 0 spiro atoms. The molecule has 146 valence electrons. The van der Waals surface area contributed by atoms with Crippen LogP contribution in [-0.4, -0.2) is 57.7 Å². The number of para-hydroxylation sites is 2. The van der Waals surface area contributed by atoms with Crippen molar-refractivity contribution >= 4 is 27.6 Å². The fourth-order valence-electron chi connectivity index (χ4n) is 4.29. The van der Waals surface area contributed by atoms with Crippen LogP contribution in [0.3, 0.4) is 0 Å². The number of benzene rings is 2. The van der Waals surface area contributed by atoms with Crippen LogP contribution in [0, 0.1) is 0 Å². The smallest absolute Gasteiger partial charge is 0.164 e. The van der Waals surface area contributed by atoms with Crippen LogP contribution < -0.4 is 0 Å². The van der Waals surface area contributed by atoms with Gasteiger partial charge in [0.25, 0.3) is 0 Å². The number of unbranched alkanes of at least 4 members (excludes halogenated alkanes) is 1. The molecule has 1 aromatic heterocycles. The Labute approximate surface area is 164 Å². The molecule has 4 rings (SSSR count). The first-order chi connectivity index (χ1) is 13.7. The lowest BCUT2D eigenvalue weighted by atomic mass is 9.96. The number of pyridine rings is 1. The molecule has 28 heavy (non-hydrogen) atoms. The van der Waals surface area contributed by atoms with Crippen molar-refractivity contribution < 1.29 is 15.0 Å². The summed E-state index contributed by atoms with van der Waals surface area (Å²) in [6.07, 6.45) is 2.42. The second-order valence-electron chi connectivity index (χ2n) is 7.62. The Kier molecular flexibility index (Phi) is 5.67. The molecule has 0 radical (unpaired) electrons. The van der Waals surface area contributed by atoms with Gasteiger partial charge in [-0.25, -0.2) is 4.98 Å². The number of aromatic nitrogens is 1. The number of hydrogen-bond acceptors (Lipinski definition) is 5. The molecule has 0 bridgehead atoms. The number of Topliss-reactive ketones (excluding diaryl/α,β-unsaturated/α-hetero) is 1. The monoisotopic (exact) mass is 378 g/mol. The number of aliphatic hydroxyl groups is 2. The van der Waals surface area contributed by atoms with Gasteiger partial charge < -0.3 is 10.2 Å². The molecule has 1 aliphatic rings. The number of ketones is 1. The average Bonchev–Trinajstić information content (AvgIpc) is 3.08. The SMILES string of the molecule is O=C(CCCCN1C[C@H](O)CC1CO)c1c2ccccc2nc2ccccc12. The molecule has 0 amide bonds. The Balaban J connectivity index is 1.48. The van der Waals surface area contributed by atoms with Gasteiger partial charge in [-0.15, -0.1) is 0 Å². The summed E-state index contributed by atoms with van der Waals surface area (Å²) in [6, 6.07) is 15.7. The highest BCUT2D eigenvalue weighted by molar-refractivity contribution is 6.16. The molecular formula is C23H26N2O3. The van der Waals surface area contributed by atoms with E-state index in [1.807, 2.05) is 48.5 Å². The molecule has 0 aliphatic carbocycles. The summed E-state index contributed by atoms with van der Waals surface area (Å²) in [5.41, 5.74) is 2.47. The van der Waals surface area contributed by atoms with E-state index in [0.717, 1.165) is 46.8 Å². The van der Waals surface area contributed by atoms with Gasteiger partial charge in [0.05, 0.1) is 23.7 Å². The largest absolute Gasteiger partial charge is 0.395 e. The average molecular weight is 378 g/mol. The number of hydrogen-bond donors (Lipinski definition) is 2. The Morgan fingerprint density at radius 3 is 2.32 bits per heavy atom. The first kappa shape index (κ1) is 19.0. The number of fused-ring (bicyclic) bond motifs is 2. The van der Waals surface area contributed by atoms with Crippen molar-refractivity contribution in [2.45, 2.75) is 37.8 Å². The number of carbonyl (C=O) groups is 1. The quantitative estimate of drug-likeness (QED) is 0.375. The number of likely N-dealkylation sites (tertiary alicyclic amines) is 1. The molecular weight excluding hydrogens is 352 g/mol. The first-order valence-corrected chi connectivity index (χ1v) is 10.0. The van der Waals surface area contributed by atoms with Gasteiger partial charge in [0.15, 0.2) is 5.78 Å². The van der Waals surface area contributed by atoms with Crippen molar-refractivity contribution in [3.63, 3.8) is 0 Å². The Morgan fingerprint density at radius 2 is 1.68 bits per heavy atom. The molecule has 0 saturated carbocycles. The van der Waals surface area contributed by atoms with Gasteiger partial charge in [-0.3, -0.25) is 9.69 Å². The molecule has 3 aromatic rings. The van der Waals surface area contributed by atoms with E-state index in [4.69, 9.17) is 0 Å². The van der Waals surface area contributed by atoms with E-state index in [1.54, 1.807) is 0 Å². The van der Waals surface area contributed by atoms with Crippen LogP contribution in [0.15, 0.2) is 48.5 Å². The van der Waals surface area contributed by atoms with Crippen molar-refractivity contribution in [2.24, 2.45) is 0 Å². The predicted octanol–water partition coefficient (Wildman–Crippen LogP) is 3.17. The lowest BCUT2D eigenvalue weighted by Gasteiger charge is -2.21. The lowest BCUT2D eigenvalue weighted by molar-refractivity contribution is 0.0978. The molecule has 2 N–H and O–H groups in total. The van der Waals surface area contributed by atoms with Crippen molar-refractivity contribution in [1.29, 1.82) is 0 Å². The molecule has 2 heterocycles. The summed E-state index contributed by atoms with van der Waals surface area (Å²) in [4.78, 5) is 19.9. The zero-order valence-electron chi connectivity index (χ0n) is 15.9. The highest BCUT2D eigenvalue weighted by atomic mass is 16.3. The van der Waals surface area contributed by atoms with Crippen LogP contribution in [0.4, 0.5) is 0 Å². The number of carbonyl (C=O) groups excluding carboxylic acids is 1. The Bertz CT molecular complexity index is 934. The van der Waals surface area contributed by atoms with E-state index in [9.17, 15) is 15.0 Å². The zero-order chi connectivity index (χ0) is 19.5. The summed E-state index contributed by atoms with van der Waals surface area (Å²) >= 11 is 0. The van der Waals surface area contributed by atoms with E-state index >= 15 is 0 Å². The first-order valence-electron chi connectivity index (χ1n) is 10.0. The molecule has 2 atom stereocenters. The summed E-state index contributed by atoms with van der Waals surface area (Å²) in [5.74, 6) is 0.148. The second kappa shape index (κ2) is 8.35. The maximum absolute atomic E-state index is 13.1. The van der Waals surface area contributed by atoms with Gasteiger partial charge in [0.2, 0.25) is 0 Å². The number of β-amino-alcohol motifs (C(OH)–C–C–N with tert-alkyl or cyclic N) is 1. The van der Waals surface area contributed by atoms with E-state index in [-0.39, 0.29) is 24.5 Å². The topological polar surface area (TPSA) is 73.7 Å². The van der Waals surface area contributed by atoms with Gasteiger partial charge in [-0.2, -0.15) is 0 Å². The summed E-state index contributed by atoms with van der Waals surface area (Å²) in [6.45, 7) is 1.48. The normalized spacial score (nSPS) is 20.2. The van der Waals surface area contributed by atoms with Gasteiger partial charge >= 0.3 is 0 Å². The standard InChI is InChI=1S/C23H26N2O3/c26-15-16-13-17(27)14-25(16)12-6-5-11-22(28)23-18-7-1-3-9-20(18)24-21-10-4-2-8-19(21)23/h1-4,7-10,16-17,26-27H,5-6,11-15H2/t16?,17-/m1/s1. The molecule has 1 saturated heterocycles. The molecule has 5 heteroatoms. The summed E-state index contributed by atoms with van der Waals surface area (Å²) < 4.78 is 0. The number of nitrogens with zero attached hydrogens (tertiary/aromatic N) is 2. The van der Waals surface area contributed by atoms with Crippen molar-refractivity contribution in [3.8, 4) is 0 Å². The van der Waals surface area contributed by atoms with Crippen LogP contribution in [0.1, 0.15) is 36.0 Å². The zero-order valence-corrected chi connectivity index (χ0v) is 15.9. The number of aliphatic hydroxyl groups excluding tert-OH is 2. The van der Waals surface area contributed by atoms with Crippen molar-refractivity contribution in [3.05, 3.63) is 54.1 Å². The molecule has 1 aliphatic heterocycles. The summed E-state index contributed by atoms with van der Waals surface area (Å²) in [5, 5.41) is 21.0. The fourth-order valence-corrected chi connectivity index (χ4v) is 4.29. The second-order valence-corrected chi connectivity index (χ2v) is 7.62. The minimum Gasteiger partial charge on any atom is -0.395 e. The third-order valence-electron chi connectivity index (χ3n) is 5.68. The maximum Gasteiger partial charge on any atom is 0.164 e. The lowest BCUT2D eigenvalue weighted by Crippen LogP contribution is -2.33. The highest BCUT2D eigenvalue weighted by Crippen LogP contribution is 2.27. The van der Waals surface area contributed by atoms with Gasteiger partial charge in [-0.1, -0.05) is 36.4 Å².